The second kappa shape index (κ2) is 6.75. The van der Waals surface area contributed by atoms with E-state index < -0.39 is 0 Å². The van der Waals surface area contributed by atoms with Gasteiger partial charge in [0, 0.05) is 24.6 Å². The van der Waals surface area contributed by atoms with Gasteiger partial charge in [-0.1, -0.05) is 24.3 Å². The van der Waals surface area contributed by atoms with E-state index in [2.05, 4.69) is 24.3 Å². The molecular weight excluding hydrogens is 292 g/mol. The van der Waals surface area contributed by atoms with Crippen molar-refractivity contribution in [1.29, 1.82) is 0 Å². The molecule has 0 aromatic carbocycles. The van der Waals surface area contributed by atoms with Gasteiger partial charge in [-0.3, -0.25) is 4.79 Å². The first-order chi connectivity index (χ1) is 11.1. The Morgan fingerprint density at radius 3 is 2.04 bits per heavy atom. The van der Waals surface area contributed by atoms with Gasteiger partial charge in [0.15, 0.2) is 0 Å². The minimum atomic E-state index is -0.119. The van der Waals surface area contributed by atoms with Gasteiger partial charge < -0.3 is 21.3 Å². The summed E-state index contributed by atoms with van der Waals surface area (Å²) in [4.78, 5) is 11.5. The number of esters is 1. The maximum atomic E-state index is 11.5. The molecule has 4 bridgehead atoms. The van der Waals surface area contributed by atoms with Gasteiger partial charge in [-0.2, -0.15) is 0 Å². The normalized spacial score (nSPS) is 45.2. The number of rotatable bonds is 3. The van der Waals surface area contributed by atoms with Crippen LogP contribution in [0, 0.1) is 35.5 Å². The van der Waals surface area contributed by atoms with Crippen molar-refractivity contribution in [2.24, 2.45) is 47.0 Å². The molecule has 0 aromatic rings. The van der Waals surface area contributed by atoms with Crippen molar-refractivity contribution >= 4 is 5.97 Å². The number of aliphatic hydroxyl groups is 1. The van der Waals surface area contributed by atoms with E-state index in [0.717, 1.165) is 6.42 Å². The summed E-state index contributed by atoms with van der Waals surface area (Å²) in [5, 5.41) is 8.94. The fourth-order valence-electron chi connectivity index (χ4n) is 4.65. The number of hydrogen-bond donors (Lipinski definition) is 3. The number of nitrogens with two attached hydrogens (primary N) is 2. The topological polar surface area (TPSA) is 98.6 Å². The lowest BCUT2D eigenvalue weighted by Gasteiger charge is -2.22. The molecule has 2 saturated carbocycles. The lowest BCUT2D eigenvalue weighted by atomic mass is 9.90. The van der Waals surface area contributed by atoms with Crippen LogP contribution < -0.4 is 11.5 Å². The molecule has 5 N–H and O–H groups in total. The molecule has 8 unspecified atom stereocenters. The van der Waals surface area contributed by atoms with E-state index >= 15 is 0 Å². The fraction of sp³-hybridized carbons (Fsp3) is 0.722. The van der Waals surface area contributed by atoms with Gasteiger partial charge in [0.05, 0.1) is 12.5 Å². The molecule has 4 aliphatic rings. The minimum absolute atomic E-state index is 0.0194. The van der Waals surface area contributed by atoms with Crippen LogP contribution in [0.5, 0.6) is 0 Å². The highest BCUT2D eigenvalue weighted by atomic mass is 16.5. The Bertz CT molecular complexity index is 504. The molecule has 23 heavy (non-hydrogen) atoms. The molecule has 0 heterocycles. The summed E-state index contributed by atoms with van der Waals surface area (Å²) in [6.45, 7) is 2.53. The average Bonchev–Trinajstić information content (AvgIpc) is 3.28. The van der Waals surface area contributed by atoms with Crippen LogP contribution in [-0.2, 0) is 9.53 Å². The molecule has 0 radical (unpaired) electrons. The van der Waals surface area contributed by atoms with E-state index in [1.165, 1.54) is 6.42 Å². The van der Waals surface area contributed by atoms with Gasteiger partial charge in [-0.15, -0.1) is 0 Å². The van der Waals surface area contributed by atoms with Crippen molar-refractivity contribution in [3.63, 3.8) is 0 Å². The van der Waals surface area contributed by atoms with Gasteiger partial charge in [-0.05, 0) is 43.4 Å². The number of allylic oxidation sites excluding steroid dienone is 2. The monoisotopic (exact) mass is 320 g/mol. The predicted molar refractivity (Wildman–Crippen MR) is 88.1 cm³/mol. The Labute approximate surface area is 137 Å². The summed E-state index contributed by atoms with van der Waals surface area (Å²) < 4.78 is 5.00. The third-order valence-electron chi connectivity index (χ3n) is 5.98. The van der Waals surface area contributed by atoms with E-state index in [1.807, 2.05) is 6.92 Å². The first-order valence-electron chi connectivity index (χ1n) is 8.72. The fourth-order valence-corrected chi connectivity index (χ4v) is 4.65. The molecule has 4 rings (SSSR count). The molecule has 2 fully saturated rings. The molecule has 5 nitrogen and oxygen atoms in total. The largest absolute Gasteiger partial charge is 0.466 e. The minimum Gasteiger partial charge on any atom is -0.466 e. The molecule has 4 aliphatic carbocycles. The molecule has 0 saturated heterocycles. The highest BCUT2D eigenvalue weighted by molar-refractivity contribution is 5.75. The summed E-state index contributed by atoms with van der Waals surface area (Å²) in [5.41, 5.74) is 11.8. The SMILES string of the molecule is CCOC(=O)C1C2C=CC(C2)C1N.NC1C2C=CC(C2)C1CO. The second-order valence-electron chi connectivity index (χ2n) is 7.18. The van der Waals surface area contributed by atoms with Crippen LogP contribution in [-0.4, -0.2) is 36.4 Å². The molecule has 128 valence electrons. The van der Waals surface area contributed by atoms with E-state index in [4.69, 9.17) is 21.3 Å². The van der Waals surface area contributed by atoms with Crippen LogP contribution in [0.25, 0.3) is 0 Å². The Balaban J connectivity index is 0.000000140. The van der Waals surface area contributed by atoms with Crippen LogP contribution in [0.3, 0.4) is 0 Å². The van der Waals surface area contributed by atoms with Crippen LogP contribution >= 0.6 is 0 Å². The lowest BCUT2D eigenvalue weighted by molar-refractivity contribution is -0.149. The maximum Gasteiger partial charge on any atom is 0.311 e. The van der Waals surface area contributed by atoms with Crippen molar-refractivity contribution in [3.8, 4) is 0 Å². The first-order valence-corrected chi connectivity index (χ1v) is 8.72. The Hall–Kier alpha value is -1.17. The van der Waals surface area contributed by atoms with Gasteiger partial charge in [0.2, 0.25) is 0 Å². The zero-order valence-corrected chi connectivity index (χ0v) is 13.7. The van der Waals surface area contributed by atoms with Gasteiger partial charge in [0.1, 0.15) is 0 Å². The number of hydrogen-bond acceptors (Lipinski definition) is 5. The highest BCUT2D eigenvalue weighted by Gasteiger charge is 2.47. The van der Waals surface area contributed by atoms with Crippen molar-refractivity contribution in [3.05, 3.63) is 24.3 Å². The van der Waals surface area contributed by atoms with E-state index in [0.29, 0.717) is 36.2 Å². The van der Waals surface area contributed by atoms with Crippen molar-refractivity contribution in [2.75, 3.05) is 13.2 Å². The second-order valence-corrected chi connectivity index (χ2v) is 7.18. The lowest BCUT2D eigenvalue weighted by Crippen LogP contribution is -2.39. The number of ether oxygens (including phenoxy) is 1. The number of carbonyl (C=O) groups excluding carboxylic acids is 1. The molecular formula is C18H28N2O3. The summed E-state index contributed by atoms with van der Waals surface area (Å²) in [5.74, 6) is 2.00. The molecule has 0 amide bonds. The van der Waals surface area contributed by atoms with Crippen LogP contribution in [0.15, 0.2) is 24.3 Å². The molecule has 8 atom stereocenters. The first kappa shape index (κ1) is 16.7. The van der Waals surface area contributed by atoms with Gasteiger partial charge in [0.25, 0.3) is 0 Å². The van der Waals surface area contributed by atoms with E-state index in [9.17, 15) is 4.79 Å². The third kappa shape index (κ3) is 2.97. The molecule has 0 aliphatic heterocycles. The summed E-state index contributed by atoms with van der Waals surface area (Å²) >= 11 is 0. The zero-order chi connectivity index (χ0) is 16.6. The average molecular weight is 320 g/mol. The van der Waals surface area contributed by atoms with Gasteiger partial charge >= 0.3 is 5.97 Å². The van der Waals surface area contributed by atoms with Crippen molar-refractivity contribution in [2.45, 2.75) is 31.8 Å². The smallest absolute Gasteiger partial charge is 0.311 e. The Kier molecular flexibility index (Phi) is 4.90. The number of fused-ring (bicyclic) bond motifs is 4. The maximum absolute atomic E-state index is 11.5. The Morgan fingerprint density at radius 2 is 1.61 bits per heavy atom. The molecule has 5 heteroatoms. The third-order valence-corrected chi connectivity index (χ3v) is 5.98. The van der Waals surface area contributed by atoms with Crippen molar-refractivity contribution < 1.29 is 14.6 Å². The summed E-state index contributed by atoms with van der Waals surface area (Å²) in [6.07, 6.45) is 10.8. The Morgan fingerprint density at radius 1 is 1.04 bits per heavy atom. The standard InChI is InChI=1S/C10H15NO2.C8H13NO/c1-2-13-10(12)8-6-3-4-7(5-6)9(8)11;9-8-6-2-1-5(3-6)7(8)4-10/h3-4,6-9H,2,5,11H2,1H3;1-2,5-8,10H,3-4,9H2. The van der Waals surface area contributed by atoms with Crippen molar-refractivity contribution in [1.82, 2.24) is 0 Å². The zero-order valence-electron chi connectivity index (χ0n) is 13.7. The van der Waals surface area contributed by atoms with E-state index in [1.54, 1.807) is 0 Å². The highest BCUT2D eigenvalue weighted by Crippen LogP contribution is 2.43. The number of aliphatic hydroxyl groups excluding tert-OH is 1. The molecule has 0 spiro atoms. The van der Waals surface area contributed by atoms with Crippen LogP contribution in [0.1, 0.15) is 19.8 Å². The number of carbonyl (C=O) groups is 1. The summed E-state index contributed by atoms with van der Waals surface area (Å²) in [6, 6.07) is 0.203. The van der Waals surface area contributed by atoms with Crippen LogP contribution in [0.2, 0.25) is 0 Å². The van der Waals surface area contributed by atoms with Gasteiger partial charge in [-0.25, -0.2) is 0 Å². The van der Waals surface area contributed by atoms with Crippen LogP contribution in [0.4, 0.5) is 0 Å². The predicted octanol–water partition coefficient (Wildman–Crippen LogP) is 0.827. The summed E-state index contributed by atoms with van der Waals surface area (Å²) in [7, 11) is 0. The quantitative estimate of drug-likeness (QED) is 0.528. The molecule has 0 aromatic heterocycles. The van der Waals surface area contributed by atoms with E-state index in [-0.39, 0.29) is 30.6 Å².